The summed E-state index contributed by atoms with van der Waals surface area (Å²) in [4.78, 5) is 0. The number of rotatable bonds is 2. The summed E-state index contributed by atoms with van der Waals surface area (Å²) in [6.45, 7) is 0.827. The van der Waals surface area contributed by atoms with Crippen molar-refractivity contribution in [1.82, 2.24) is 4.57 Å². The van der Waals surface area contributed by atoms with Crippen molar-refractivity contribution in [1.29, 1.82) is 0 Å². The lowest BCUT2D eigenvalue weighted by Gasteiger charge is -2.03. The smallest absolute Gasteiger partial charge is 0.0480 e. The molecular formula is C13H16N2. The van der Waals surface area contributed by atoms with Crippen LogP contribution in [0, 0.1) is 5.92 Å². The zero-order chi connectivity index (χ0) is 10.4. The van der Waals surface area contributed by atoms with Crippen molar-refractivity contribution in [2.24, 2.45) is 18.7 Å². The molecule has 0 spiro atoms. The molecule has 78 valence electrons. The maximum Gasteiger partial charge on any atom is 0.0480 e. The molecule has 2 nitrogen and oxygen atoms in total. The van der Waals surface area contributed by atoms with Gasteiger partial charge in [-0.3, -0.25) is 0 Å². The molecule has 2 N–H and O–H groups in total. The number of aromatic nitrogens is 1. The van der Waals surface area contributed by atoms with E-state index in [2.05, 4.69) is 42.1 Å². The Hall–Kier alpha value is -1.28. The summed E-state index contributed by atoms with van der Waals surface area (Å²) in [6.07, 6.45) is 3.40. The Labute approximate surface area is 89.7 Å². The van der Waals surface area contributed by atoms with Gasteiger partial charge in [0.2, 0.25) is 0 Å². The summed E-state index contributed by atoms with van der Waals surface area (Å²) in [5.41, 5.74) is 8.52. The molecular weight excluding hydrogens is 184 g/mol. The SMILES string of the molecule is Cn1ccc2c(C3CC3CN)cccc21. The van der Waals surface area contributed by atoms with Crippen LogP contribution in [0.3, 0.4) is 0 Å². The van der Waals surface area contributed by atoms with Crippen LogP contribution in [0.5, 0.6) is 0 Å². The van der Waals surface area contributed by atoms with Crippen molar-refractivity contribution >= 4 is 10.9 Å². The predicted molar refractivity (Wildman–Crippen MR) is 62.8 cm³/mol. The third-order valence-corrected chi connectivity index (χ3v) is 3.59. The first-order chi connectivity index (χ1) is 7.31. The highest BCUT2D eigenvalue weighted by Crippen LogP contribution is 2.48. The lowest BCUT2D eigenvalue weighted by molar-refractivity contribution is 0.812. The molecule has 2 unspecified atom stereocenters. The van der Waals surface area contributed by atoms with Gasteiger partial charge in [0.1, 0.15) is 0 Å². The molecule has 2 atom stereocenters. The molecule has 0 amide bonds. The first kappa shape index (κ1) is 8.98. The summed E-state index contributed by atoms with van der Waals surface area (Å²) in [7, 11) is 2.10. The fourth-order valence-corrected chi connectivity index (χ4v) is 2.54. The Morgan fingerprint density at radius 3 is 3.00 bits per heavy atom. The zero-order valence-corrected chi connectivity index (χ0v) is 8.98. The van der Waals surface area contributed by atoms with Gasteiger partial charge in [0.05, 0.1) is 0 Å². The second kappa shape index (κ2) is 3.11. The van der Waals surface area contributed by atoms with Crippen LogP contribution in [0.25, 0.3) is 10.9 Å². The first-order valence-corrected chi connectivity index (χ1v) is 5.55. The molecule has 1 saturated carbocycles. The summed E-state index contributed by atoms with van der Waals surface area (Å²) in [5, 5.41) is 1.40. The van der Waals surface area contributed by atoms with Gasteiger partial charge in [-0.05, 0) is 42.5 Å². The molecule has 0 radical (unpaired) electrons. The average molecular weight is 200 g/mol. The van der Waals surface area contributed by atoms with Gasteiger partial charge in [0.15, 0.2) is 0 Å². The van der Waals surface area contributed by atoms with E-state index >= 15 is 0 Å². The molecule has 2 aromatic rings. The van der Waals surface area contributed by atoms with Crippen LogP contribution in [0.1, 0.15) is 17.9 Å². The van der Waals surface area contributed by atoms with Crippen molar-refractivity contribution in [2.45, 2.75) is 12.3 Å². The molecule has 1 heterocycles. The second-order valence-electron chi connectivity index (χ2n) is 4.54. The number of nitrogens with zero attached hydrogens (tertiary/aromatic N) is 1. The minimum atomic E-state index is 0.709. The second-order valence-corrected chi connectivity index (χ2v) is 4.54. The van der Waals surface area contributed by atoms with Crippen LogP contribution < -0.4 is 5.73 Å². The van der Waals surface area contributed by atoms with Gasteiger partial charge < -0.3 is 10.3 Å². The standard InChI is InChI=1S/C13H16N2/c1-15-6-5-11-10(3-2-4-13(11)15)12-7-9(12)8-14/h2-6,9,12H,7-8,14H2,1H3. The fraction of sp³-hybridized carbons (Fsp3) is 0.385. The van der Waals surface area contributed by atoms with E-state index in [-0.39, 0.29) is 0 Å². The predicted octanol–water partition coefficient (Wildman–Crippen LogP) is 2.24. The van der Waals surface area contributed by atoms with E-state index in [1.54, 1.807) is 0 Å². The number of hydrogen-bond acceptors (Lipinski definition) is 1. The summed E-state index contributed by atoms with van der Waals surface area (Å²) < 4.78 is 2.18. The lowest BCUT2D eigenvalue weighted by Crippen LogP contribution is -2.02. The number of aryl methyl sites for hydroxylation is 1. The molecule has 0 bridgehead atoms. The van der Waals surface area contributed by atoms with Crippen molar-refractivity contribution in [2.75, 3.05) is 6.54 Å². The summed E-state index contributed by atoms with van der Waals surface area (Å²) >= 11 is 0. The van der Waals surface area contributed by atoms with Crippen LogP contribution in [0.15, 0.2) is 30.5 Å². The highest BCUT2D eigenvalue weighted by molar-refractivity contribution is 5.84. The van der Waals surface area contributed by atoms with Crippen molar-refractivity contribution in [3.05, 3.63) is 36.0 Å². The molecule has 1 aliphatic rings. The highest BCUT2D eigenvalue weighted by Gasteiger charge is 2.37. The van der Waals surface area contributed by atoms with Crippen LogP contribution in [0.2, 0.25) is 0 Å². The maximum atomic E-state index is 5.71. The number of nitrogens with two attached hydrogens (primary N) is 1. The lowest BCUT2D eigenvalue weighted by atomic mass is 10.0. The third kappa shape index (κ3) is 1.29. The van der Waals surface area contributed by atoms with E-state index in [1.165, 1.54) is 22.9 Å². The molecule has 0 aliphatic heterocycles. The number of fused-ring (bicyclic) bond motifs is 1. The van der Waals surface area contributed by atoms with Gasteiger partial charge in [0, 0.05) is 24.1 Å². The van der Waals surface area contributed by atoms with E-state index in [9.17, 15) is 0 Å². The quantitative estimate of drug-likeness (QED) is 0.792. The van der Waals surface area contributed by atoms with Crippen molar-refractivity contribution in [3.63, 3.8) is 0 Å². The van der Waals surface area contributed by atoms with E-state index in [4.69, 9.17) is 5.73 Å². The fourth-order valence-electron chi connectivity index (χ4n) is 2.54. The van der Waals surface area contributed by atoms with E-state index in [0.717, 1.165) is 12.5 Å². The van der Waals surface area contributed by atoms with Crippen molar-refractivity contribution < 1.29 is 0 Å². The summed E-state index contributed by atoms with van der Waals surface area (Å²) in [6, 6.07) is 8.81. The normalized spacial score (nSPS) is 24.7. The van der Waals surface area contributed by atoms with E-state index < -0.39 is 0 Å². The number of hydrogen-bond donors (Lipinski definition) is 1. The van der Waals surface area contributed by atoms with E-state index in [1.807, 2.05) is 0 Å². The highest BCUT2D eigenvalue weighted by atomic mass is 14.9. The van der Waals surface area contributed by atoms with Gasteiger partial charge in [-0.1, -0.05) is 12.1 Å². The molecule has 1 aromatic carbocycles. The molecule has 1 aromatic heterocycles. The number of benzene rings is 1. The van der Waals surface area contributed by atoms with Gasteiger partial charge in [-0.15, -0.1) is 0 Å². The van der Waals surface area contributed by atoms with Crippen LogP contribution in [0.4, 0.5) is 0 Å². The monoisotopic (exact) mass is 200 g/mol. The van der Waals surface area contributed by atoms with E-state index in [0.29, 0.717) is 5.92 Å². The minimum Gasteiger partial charge on any atom is -0.351 e. The van der Waals surface area contributed by atoms with Crippen molar-refractivity contribution in [3.8, 4) is 0 Å². The van der Waals surface area contributed by atoms with Gasteiger partial charge >= 0.3 is 0 Å². The topological polar surface area (TPSA) is 30.9 Å². The Balaban J connectivity index is 2.11. The zero-order valence-electron chi connectivity index (χ0n) is 8.98. The Kier molecular flexibility index (Phi) is 1.86. The maximum absolute atomic E-state index is 5.71. The van der Waals surface area contributed by atoms with Crippen LogP contribution >= 0.6 is 0 Å². The minimum absolute atomic E-state index is 0.709. The van der Waals surface area contributed by atoms with Gasteiger partial charge in [0.25, 0.3) is 0 Å². The Morgan fingerprint density at radius 2 is 2.27 bits per heavy atom. The molecule has 15 heavy (non-hydrogen) atoms. The average Bonchev–Trinajstić information content (AvgIpc) is 2.96. The molecule has 1 aliphatic carbocycles. The Morgan fingerprint density at radius 1 is 1.40 bits per heavy atom. The van der Waals surface area contributed by atoms with Gasteiger partial charge in [-0.25, -0.2) is 0 Å². The third-order valence-electron chi connectivity index (χ3n) is 3.59. The molecule has 0 saturated heterocycles. The molecule has 3 rings (SSSR count). The van der Waals surface area contributed by atoms with Gasteiger partial charge in [-0.2, -0.15) is 0 Å². The first-order valence-electron chi connectivity index (χ1n) is 5.55. The summed E-state index contributed by atoms with van der Waals surface area (Å²) in [5.74, 6) is 1.43. The largest absolute Gasteiger partial charge is 0.351 e. The van der Waals surface area contributed by atoms with Crippen LogP contribution in [-0.2, 0) is 7.05 Å². The molecule has 1 fully saturated rings. The molecule has 2 heteroatoms. The van der Waals surface area contributed by atoms with Crippen LogP contribution in [-0.4, -0.2) is 11.1 Å². The Bertz CT molecular complexity index is 498.